The Balaban J connectivity index is 2.06. The summed E-state index contributed by atoms with van der Waals surface area (Å²) >= 11 is 0. The van der Waals surface area contributed by atoms with E-state index in [0.717, 1.165) is 5.56 Å². The first-order valence-corrected chi connectivity index (χ1v) is 5.55. The summed E-state index contributed by atoms with van der Waals surface area (Å²) in [5, 5.41) is 22.9. The zero-order valence-corrected chi connectivity index (χ0v) is 9.99. The average molecular weight is 258 g/mol. The van der Waals surface area contributed by atoms with Crippen LogP contribution in [0.5, 0.6) is 11.5 Å². The molecular weight excluding hydrogens is 248 g/mol. The van der Waals surface area contributed by atoms with Crippen molar-refractivity contribution in [2.24, 2.45) is 0 Å². The Morgan fingerprint density at radius 2 is 2.00 bits per heavy atom. The number of phenols is 2. The van der Waals surface area contributed by atoms with E-state index in [2.05, 4.69) is 10.1 Å². The third-order valence-corrected chi connectivity index (χ3v) is 2.70. The first kappa shape index (κ1) is 11.3. The highest BCUT2D eigenvalue weighted by atomic mass is 16.5. The van der Waals surface area contributed by atoms with Gasteiger partial charge < -0.3 is 19.2 Å². The molecule has 96 valence electrons. The quantitative estimate of drug-likeness (QED) is 0.686. The van der Waals surface area contributed by atoms with Gasteiger partial charge in [0.1, 0.15) is 11.5 Å². The molecule has 2 heterocycles. The minimum absolute atomic E-state index is 0.00160. The molecule has 19 heavy (non-hydrogen) atoms. The Morgan fingerprint density at radius 1 is 1.16 bits per heavy atom. The van der Waals surface area contributed by atoms with Crippen molar-refractivity contribution in [2.75, 3.05) is 0 Å². The van der Waals surface area contributed by atoms with E-state index >= 15 is 0 Å². The number of aromatic hydroxyl groups is 2. The average Bonchev–Trinajstić information content (AvgIpc) is 3.00. The van der Waals surface area contributed by atoms with E-state index in [1.54, 1.807) is 6.07 Å². The molecule has 0 aliphatic heterocycles. The Morgan fingerprint density at radius 3 is 2.74 bits per heavy atom. The van der Waals surface area contributed by atoms with Crippen LogP contribution in [0.1, 0.15) is 5.56 Å². The van der Waals surface area contributed by atoms with Crippen LogP contribution < -0.4 is 0 Å². The summed E-state index contributed by atoms with van der Waals surface area (Å²) in [7, 11) is 0. The van der Waals surface area contributed by atoms with E-state index in [0.29, 0.717) is 11.6 Å². The number of nitrogens with zero attached hydrogens (tertiary/aromatic N) is 2. The van der Waals surface area contributed by atoms with E-state index in [1.807, 2.05) is 6.92 Å². The number of benzene rings is 1. The summed E-state index contributed by atoms with van der Waals surface area (Å²) < 4.78 is 10.3. The van der Waals surface area contributed by atoms with Gasteiger partial charge in [0, 0.05) is 0 Å². The molecule has 1 aromatic carbocycles. The zero-order chi connectivity index (χ0) is 13.4. The fourth-order valence-corrected chi connectivity index (χ4v) is 1.72. The maximum absolute atomic E-state index is 9.72. The van der Waals surface area contributed by atoms with Gasteiger partial charge in [-0.1, -0.05) is 5.16 Å². The van der Waals surface area contributed by atoms with Crippen molar-refractivity contribution < 1.29 is 19.2 Å². The smallest absolute Gasteiger partial charge is 0.262 e. The molecule has 0 fully saturated rings. The molecule has 3 rings (SSSR count). The number of furan rings is 1. The predicted molar refractivity (Wildman–Crippen MR) is 65.5 cm³/mol. The lowest BCUT2D eigenvalue weighted by molar-refractivity contribution is 0.421. The van der Waals surface area contributed by atoms with Crippen LogP contribution in [0, 0.1) is 6.92 Å². The first-order chi connectivity index (χ1) is 9.15. The van der Waals surface area contributed by atoms with Crippen molar-refractivity contribution in [3.63, 3.8) is 0 Å². The van der Waals surface area contributed by atoms with Crippen LogP contribution in [-0.2, 0) is 0 Å². The molecular formula is C13H10N2O4. The number of phenolic OH excluding ortho intramolecular Hbond substituents is 2. The van der Waals surface area contributed by atoms with Gasteiger partial charge in [-0.3, -0.25) is 0 Å². The van der Waals surface area contributed by atoms with Gasteiger partial charge in [0.15, 0.2) is 5.76 Å². The predicted octanol–water partition coefficient (Wildman–Crippen LogP) is 2.72. The molecule has 6 heteroatoms. The number of hydrogen-bond acceptors (Lipinski definition) is 6. The fraction of sp³-hybridized carbons (Fsp3) is 0.0769. The summed E-state index contributed by atoms with van der Waals surface area (Å²) in [5.74, 6) is 0.861. The molecule has 0 aliphatic carbocycles. The molecule has 0 saturated heterocycles. The van der Waals surface area contributed by atoms with Gasteiger partial charge in [-0.15, -0.1) is 0 Å². The summed E-state index contributed by atoms with van der Waals surface area (Å²) in [5.41, 5.74) is 1.15. The molecule has 3 aromatic rings. The maximum Gasteiger partial charge on any atom is 0.262 e. The van der Waals surface area contributed by atoms with Crippen LogP contribution >= 0.6 is 0 Å². The van der Waals surface area contributed by atoms with E-state index in [4.69, 9.17) is 8.94 Å². The van der Waals surface area contributed by atoms with Gasteiger partial charge in [-0.2, -0.15) is 4.98 Å². The summed E-state index contributed by atoms with van der Waals surface area (Å²) in [6.07, 6.45) is 1.53. The second kappa shape index (κ2) is 4.16. The van der Waals surface area contributed by atoms with Gasteiger partial charge in [-0.05, 0) is 36.8 Å². The second-order valence-electron chi connectivity index (χ2n) is 4.06. The lowest BCUT2D eigenvalue weighted by Gasteiger charge is -1.99. The van der Waals surface area contributed by atoms with Crippen LogP contribution in [-0.4, -0.2) is 20.4 Å². The van der Waals surface area contributed by atoms with Gasteiger partial charge >= 0.3 is 0 Å². The molecule has 6 nitrogen and oxygen atoms in total. The number of aryl methyl sites for hydroxylation is 1. The van der Waals surface area contributed by atoms with Crippen molar-refractivity contribution in [1.82, 2.24) is 10.1 Å². The minimum Gasteiger partial charge on any atom is -0.508 e. The highest BCUT2D eigenvalue weighted by Gasteiger charge is 2.17. The standard InChI is InChI=1S/C13H10N2O4/c1-7-4-5-18-11(7)12-14-13(19-15-12)9-6-8(16)2-3-10(9)17/h2-6,16-17H,1H3. The van der Waals surface area contributed by atoms with E-state index in [1.165, 1.54) is 24.5 Å². The van der Waals surface area contributed by atoms with Crippen LogP contribution in [0.2, 0.25) is 0 Å². The summed E-state index contributed by atoms with van der Waals surface area (Å²) in [4.78, 5) is 4.14. The molecule has 0 spiro atoms. The van der Waals surface area contributed by atoms with E-state index in [9.17, 15) is 10.2 Å². The van der Waals surface area contributed by atoms with Crippen molar-refractivity contribution in [1.29, 1.82) is 0 Å². The summed E-state index contributed by atoms with van der Waals surface area (Å²) in [6.45, 7) is 1.86. The highest BCUT2D eigenvalue weighted by Crippen LogP contribution is 2.32. The number of hydrogen-bond donors (Lipinski definition) is 2. The zero-order valence-electron chi connectivity index (χ0n) is 9.99. The maximum atomic E-state index is 9.72. The Labute approximate surface area is 107 Å². The van der Waals surface area contributed by atoms with Gasteiger partial charge in [0.2, 0.25) is 5.82 Å². The second-order valence-corrected chi connectivity index (χ2v) is 4.06. The van der Waals surface area contributed by atoms with Gasteiger partial charge in [0.05, 0.1) is 11.8 Å². The topological polar surface area (TPSA) is 92.5 Å². The normalized spacial score (nSPS) is 10.8. The van der Waals surface area contributed by atoms with Crippen molar-refractivity contribution in [3.8, 4) is 34.5 Å². The Bertz CT molecular complexity index is 730. The van der Waals surface area contributed by atoms with Crippen LogP contribution in [0.4, 0.5) is 0 Å². The largest absolute Gasteiger partial charge is 0.508 e. The molecule has 0 amide bonds. The van der Waals surface area contributed by atoms with Crippen LogP contribution in [0.25, 0.3) is 23.0 Å². The molecule has 0 radical (unpaired) electrons. The monoisotopic (exact) mass is 258 g/mol. The SMILES string of the molecule is Cc1ccoc1-c1noc(-c2cc(O)ccc2O)n1. The minimum atomic E-state index is -0.0517. The molecule has 0 aliphatic rings. The Kier molecular flexibility index (Phi) is 2.49. The third-order valence-electron chi connectivity index (χ3n) is 2.70. The van der Waals surface area contributed by atoms with Crippen molar-refractivity contribution in [3.05, 3.63) is 36.1 Å². The van der Waals surface area contributed by atoms with Gasteiger partial charge in [-0.25, -0.2) is 0 Å². The lowest BCUT2D eigenvalue weighted by Crippen LogP contribution is -1.82. The fourth-order valence-electron chi connectivity index (χ4n) is 1.72. The van der Waals surface area contributed by atoms with E-state index in [-0.39, 0.29) is 23.0 Å². The molecule has 0 bridgehead atoms. The van der Waals surface area contributed by atoms with Crippen LogP contribution in [0.3, 0.4) is 0 Å². The Hall–Kier alpha value is -2.76. The molecule has 0 atom stereocenters. The number of rotatable bonds is 2. The molecule has 2 aromatic heterocycles. The van der Waals surface area contributed by atoms with Crippen LogP contribution in [0.15, 0.2) is 39.5 Å². The highest BCUT2D eigenvalue weighted by molar-refractivity contribution is 5.66. The van der Waals surface area contributed by atoms with E-state index < -0.39 is 0 Å². The lowest BCUT2D eigenvalue weighted by atomic mass is 10.2. The van der Waals surface area contributed by atoms with Crippen molar-refractivity contribution in [2.45, 2.75) is 6.92 Å². The molecule has 0 saturated carbocycles. The molecule has 2 N–H and O–H groups in total. The van der Waals surface area contributed by atoms with Gasteiger partial charge in [0.25, 0.3) is 5.89 Å². The number of aromatic nitrogens is 2. The third kappa shape index (κ3) is 1.93. The summed E-state index contributed by atoms with van der Waals surface area (Å²) in [6, 6.07) is 5.86. The molecule has 0 unspecified atom stereocenters. The first-order valence-electron chi connectivity index (χ1n) is 5.55. The van der Waals surface area contributed by atoms with Crippen molar-refractivity contribution >= 4 is 0 Å².